The van der Waals surface area contributed by atoms with Crippen molar-refractivity contribution in [2.24, 2.45) is 0 Å². The SMILES string of the molecule is Cl[PH2+]Cc1ccccc1.[Cl-]. The first-order valence-electron chi connectivity index (χ1n) is 2.89. The monoisotopic (exact) mass is 194 g/mol. The molecule has 0 N–H and O–H groups in total. The van der Waals surface area contributed by atoms with Gasteiger partial charge in [-0.15, -0.1) is 0 Å². The minimum atomic E-state index is 0. The van der Waals surface area contributed by atoms with Gasteiger partial charge in [0.1, 0.15) is 0 Å². The van der Waals surface area contributed by atoms with Gasteiger partial charge in [-0.1, -0.05) is 30.3 Å². The number of halogens is 2. The standard InChI is InChI=1S/C7H8ClP.ClH/c8-9-6-7-4-2-1-3-5-7;/h1-5,9H,6H2;1H. The summed E-state index contributed by atoms with van der Waals surface area (Å²) in [5.74, 6) is 0. The number of benzene rings is 1. The maximum atomic E-state index is 5.62. The Hall–Kier alpha value is 0.230. The molecule has 1 aromatic rings. The first-order valence-corrected chi connectivity index (χ1v) is 5.45. The van der Waals surface area contributed by atoms with Crippen LogP contribution in [0.25, 0.3) is 0 Å². The Labute approximate surface area is 74.0 Å². The van der Waals surface area contributed by atoms with E-state index in [1.165, 1.54) is 5.56 Å². The molecule has 1 unspecified atom stereocenters. The molecule has 0 aromatic heterocycles. The van der Waals surface area contributed by atoms with Crippen molar-refractivity contribution in [3.8, 4) is 0 Å². The summed E-state index contributed by atoms with van der Waals surface area (Å²) in [6, 6.07) is 10.3. The molecule has 0 aliphatic heterocycles. The highest BCUT2D eigenvalue weighted by molar-refractivity contribution is 7.67. The topological polar surface area (TPSA) is 0 Å². The van der Waals surface area contributed by atoms with Crippen molar-refractivity contribution in [2.75, 3.05) is 0 Å². The molecule has 3 heteroatoms. The zero-order chi connectivity index (χ0) is 6.53. The van der Waals surface area contributed by atoms with Crippen molar-refractivity contribution in [1.29, 1.82) is 0 Å². The van der Waals surface area contributed by atoms with Crippen LogP contribution in [0, 0.1) is 0 Å². The van der Waals surface area contributed by atoms with Crippen LogP contribution in [0.4, 0.5) is 0 Å². The zero-order valence-corrected chi connectivity index (χ0v) is 8.09. The molecule has 56 valence electrons. The van der Waals surface area contributed by atoms with Crippen LogP contribution in [0.3, 0.4) is 0 Å². The first kappa shape index (κ1) is 10.2. The highest BCUT2D eigenvalue weighted by Crippen LogP contribution is 2.21. The normalized spacial score (nSPS) is 9.70. The summed E-state index contributed by atoms with van der Waals surface area (Å²) in [6.45, 7) is 0. The second-order valence-electron chi connectivity index (χ2n) is 1.84. The number of hydrogen-bond donors (Lipinski definition) is 0. The van der Waals surface area contributed by atoms with Crippen molar-refractivity contribution >= 4 is 19.2 Å². The second-order valence-corrected chi connectivity index (χ2v) is 3.49. The van der Waals surface area contributed by atoms with E-state index in [1.807, 2.05) is 18.2 Å². The Kier molecular flexibility index (Phi) is 6.11. The molecule has 1 aromatic carbocycles. The summed E-state index contributed by atoms with van der Waals surface area (Å²) in [5.41, 5.74) is 1.35. The average Bonchev–Trinajstić information content (AvgIpc) is 1.91. The largest absolute Gasteiger partial charge is 1.00 e. The Balaban J connectivity index is 0.000000810. The van der Waals surface area contributed by atoms with Gasteiger partial charge >= 0.3 is 0 Å². The van der Waals surface area contributed by atoms with E-state index in [0.717, 1.165) is 6.16 Å². The van der Waals surface area contributed by atoms with Crippen LogP contribution < -0.4 is 12.4 Å². The Morgan fingerprint density at radius 2 is 1.80 bits per heavy atom. The first-order chi connectivity index (χ1) is 4.43. The van der Waals surface area contributed by atoms with Gasteiger partial charge in [-0.25, -0.2) is 0 Å². The molecule has 1 rings (SSSR count). The van der Waals surface area contributed by atoms with Crippen LogP contribution in [0.15, 0.2) is 30.3 Å². The molecule has 0 aliphatic rings. The van der Waals surface area contributed by atoms with E-state index in [0.29, 0.717) is 0 Å². The molecule has 0 aliphatic carbocycles. The molecule has 1 atom stereocenters. The maximum Gasteiger partial charge on any atom is 0.0956 e. The van der Waals surface area contributed by atoms with E-state index in [4.69, 9.17) is 11.2 Å². The zero-order valence-electron chi connectivity index (χ0n) is 5.43. The minimum Gasteiger partial charge on any atom is -1.00 e. The lowest BCUT2D eigenvalue weighted by molar-refractivity contribution is -0.00000170. The quantitative estimate of drug-likeness (QED) is 0.571. The average molecular weight is 195 g/mol. The van der Waals surface area contributed by atoms with Gasteiger partial charge in [0.25, 0.3) is 0 Å². The van der Waals surface area contributed by atoms with Crippen molar-refractivity contribution in [3.05, 3.63) is 35.9 Å². The summed E-state index contributed by atoms with van der Waals surface area (Å²) in [6.07, 6.45) is 1.06. The van der Waals surface area contributed by atoms with Gasteiger partial charge in [0, 0.05) is 0 Å². The van der Waals surface area contributed by atoms with E-state index in [9.17, 15) is 0 Å². The summed E-state index contributed by atoms with van der Waals surface area (Å²) in [5, 5.41) is 0. The highest BCUT2D eigenvalue weighted by Gasteiger charge is 1.91. The van der Waals surface area contributed by atoms with Crippen LogP contribution in [0.1, 0.15) is 5.56 Å². The highest BCUT2D eigenvalue weighted by atomic mass is 35.7. The molecule has 0 fully saturated rings. The lowest BCUT2D eigenvalue weighted by Crippen LogP contribution is -3.00. The van der Waals surface area contributed by atoms with Crippen LogP contribution >= 0.6 is 19.2 Å². The molecule has 10 heavy (non-hydrogen) atoms. The van der Waals surface area contributed by atoms with E-state index in [2.05, 4.69) is 12.1 Å². The predicted molar refractivity (Wildman–Crippen MR) is 45.7 cm³/mol. The van der Waals surface area contributed by atoms with Gasteiger partial charge in [0.05, 0.1) is 25.3 Å². The molecule has 0 spiro atoms. The van der Waals surface area contributed by atoms with E-state index in [-0.39, 0.29) is 20.3 Å². The van der Waals surface area contributed by atoms with Crippen LogP contribution in [-0.2, 0) is 6.16 Å². The van der Waals surface area contributed by atoms with Crippen LogP contribution in [-0.4, -0.2) is 0 Å². The van der Waals surface area contributed by atoms with E-state index >= 15 is 0 Å². The Bertz CT molecular complexity index is 165. The fraction of sp³-hybridized carbons (Fsp3) is 0.143. The lowest BCUT2D eigenvalue weighted by atomic mass is 10.2. The Morgan fingerprint density at radius 3 is 2.30 bits per heavy atom. The van der Waals surface area contributed by atoms with Crippen LogP contribution in [0.2, 0.25) is 0 Å². The lowest BCUT2D eigenvalue weighted by Gasteiger charge is -1.88. The van der Waals surface area contributed by atoms with Crippen molar-refractivity contribution < 1.29 is 12.4 Å². The molecule has 0 saturated heterocycles. The molecule has 0 heterocycles. The molecule has 0 nitrogen and oxygen atoms in total. The summed E-state index contributed by atoms with van der Waals surface area (Å²) < 4.78 is 0. The van der Waals surface area contributed by atoms with E-state index < -0.39 is 0 Å². The third kappa shape index (κ3) is 3.41. The maximum absolute atomic E-state index is 5.62. The van der Waals surface area contributed by atoms with Gasteiger partial charge in [-0.3, -0.25) is 0 Å². The number of hydrogen-bond acceptors (Lipinski definition) is 0. The van der Waals surface area contributed by atoms with E-state index in [1.54, 1.807) is 0 Å². The number of rotatable bonds is 2. The van der Waals surface area contributed by atoms with Crippen molar-refractivity contribution in [3.63, 3.8) is 0 Å². The second kappa shape index (κ2) is 5.97. The van der Waals surface area contributed by atoms with Gasteiger partial charge in [0.15, 0.2) is 0 Å². The predicted octanol–water partition coefficient (Wildman–Crippen LogP) is -0.245. The summed E-state index contributed by atoms with van der Waals surface area (Å²) >= 11 is 5.62. The fourth-order valence-corrected chi connectivity index (χ4v) is 1.69. The molecule has 0 amide bonds. The van der Waals surface area contributed by atoms with Crippen LogP contribution in [0.5, 0.6) is 0 Å². The van der Waals surface area contributed by atoms with Crippen molar-refractivity contribution in [2.45, 2.75) is 6.16 Å². The summed E-state index contributed by atoms with van der Waals surface area (Å²) in [7, 11) is 0.0977. The summed E-state index contributed by atoms with van der Waals surface area (Å²) in [4.78, 5) is 0. The third-order valence-corrected chi connectivity index (χ3v) is 2.24. The molecular weight excluding hydrogens is 186 g/mol. The molecule has 0 saturated carbocycles. The molecule has 0 radical (unpaired) electrons. The smallest absolute Gasteiger partial charge is 0.0956 e. The van der Waals surface area contributed by atoms with Gasteiger partial charge in [-0.2, -0.15) is 0 Å². The van der Waals surface area contributed by atoms with Crippen molar-refractivity contribution in [1.82, 2.24) is 0 Å². The third-order valence-electron chi connectivity index (χ3n) is 1.16. The molecular formula is C7H9Cl2P. The van der Waals surface area contributed by atoms with Gasteiger partial charge in [-0.05, 0) is 5.56 Å². The fourth-order valence-electron chi connectivity index (χ4n) is 0.703. The Morgan fingerprint density at radius 1 is 1.20 bits per heavy atom. The minimum absolute atomic E-state index is 0. The molecule has 0 bridgehead atoms. The van der Waals surface area contributed by atoms with Gasteiger partial charge in [0.2, 0.25) is 0 Å². The van der Waals surface area contributed by atoms with Gasteiger partial charge < -0.3 is 12.4 Å².